The third kappa shape index (κ3) is 5.45. The number of nitrogens with zero attached hydrogens (tertiary/aromatic N) is 3. The van der Waals surface area contributed by atoms with Gasteiger partial charge in [0.15, 0.2) is 5.96 Å². The highest BCUT2D eigenvalue weighted by atomic mass is 127. The van der Waals surface area contributed by atoms with E-state index in [0.717, 1.165) is 32.1 Å². The number of aromatic nitrogens is 2. The largest absolute Gasteiger partial charge is 0.357 e. The summed E-state index contributed by atoms with van der Waals surface area (Å²) in [7, 11) is 0. The van der Waals surface area contributed by atoms with E-state index < -0.39 is 0 Å². The third-order valence-electron chi connectivity index (χ3n) is 4.58. The summed E-state index contributed by atoms with van der Waals surface area (Å²) >= 11 is 3.69. The summed E-state index contributed by atoms with van der Waals surface area (Å²) in [5, 5.41) is 11.1. The Bertz CT molecular complexity index is 739. The van der Waals surface area contributed by atoms with Crippen molar-refractivity contribution < 1.29 is 0 Å². The first-order valence-electron chi connectivity index (χ1n) is 8.89. The molecule has 1 fully saturated rings. The molecule has 26 heavy (non-hydrogen) atoms. The number of halogens is 2. The van der Waals surface area contributed by atoms with Crippen molar-refractivity contribution in [3.63, 3.8) is 0 Å². The predicted molar refractivity (Wildman–Crippen MR) is 121 cm³/mol. The van der Waals surface area contributed by atoms with Gasteiger partial charge in [-0.25, -0.2) is 0 Å². The molecule has 0 bridgehead atoms. The molecule has 1 heterocycles. The van der Waals surface area contributed by atoms with Crippen molar-refractivity contribution in [3.05, 3.63) is 52.3 Å². The fraction of sp³-hybridized carbons (Fsp3) is 0.474. The molecule has 1 aliphatic rings. The SMILES string of the molecule is CCNC(=NCC1(c2ccccc2Br)CC1)NCCn1cc(C)cn1.I. The predicted octanol–water partition coefficient (Wildman–Crippen LogP) is 3.86. The van der Waals surface area contributed by atoms with Crippen LogP contribution in [0.5, 0.6) is 0 Å². The Labute approximate surface area is 181 Å². The summed E-state index contributed by atoms with van der Waals surface area (Å²) in [5.41, 5.74) is 2.76. The zero-order valence-electron chi connectivity index (χ0n) is 15.3. The van der Waals surface area contributed by atoms with Crippen LogP contribution in [0.25, 0.3) is 0 Å². The van der Waals surface area contributed by atoms with Gasteiger partial charge >= 0.3 is 0 Å². The van der Waals surface area contributed by atoms with Gasteiger partial charge in [-0.1, -0.05) is 34.1 Å². The summed E-state index contributed by atoms with van der Waals surface area (Å²) in [6.45, 7) is 7.44. The van der Waals surface area contributed by atoms with E-state index in [9.17, 15) is 0 Å². The zero-order valence-corrected chi connectivity index (χ0v) is 19.3. The van der Waals surface area contributed by atoms with Crippen LogP contribution in [0.3, 0.4) is 0 Å². The Kier molecular flexibility index (Phi) is 7.94. The summed E-state index contributed by atoms with van der Waals surface area (Å²) in [6, 6.07) is 8.51. The van der Waals surface area contributed by atoms with Crippen LogP contribution in [0.15, 0.2) is 46.1 Å². The summed E-state index contributed by atoms with van der Waals surface area (Å²) in [6.07, 6.45) is 6.34. The molecular weight excluding hydrogens is 505 g/mol. The van der Waals surface area contributed by atoms with E-state index in [1.165, 1.54) is 28.4 Å². The van der Waals surface area contributed by atoms with Crippen LogP contribution in [-0.4, -0.2) is 35.4 Å². The second-order valence-electron chi connectivity index (χ2n) is 6.66. The number of benzene rings is 1. The van der Waals surface area contributed by atoms with Gasteiger partial charge < -0.3 is 10.6 Å². The number of guanidine groups is 1. The Hall–Kier alpha value is -1.09. The molecule has 0 unspecified atom stereocenters. The van der Waals surface area contributed by atoms with E-state index in [4.69, 9.17) is 4.99 Å². The number of rotatable bonds is 7. The van der Waals surface area contributed by atoms with Crippen molar-refractivity contribution in [3.8, 4) is 0 Å². The van der Waals surface area contributed by atoms with Gasteiger partial charge in [-0.15, -0.1) is 24.0 Å². The average Bonchev–Trinajstić information content (AvgIpc) is 3.28. The van der Waals surface area contributed by atoms with Crippen LogP contribution in [0.4, 0.5) is 0 Å². The van der Waals surface area contributed by atoms with Gasteiger partial charge in [-0.2, -0.15) is 5.10 Å². The van der Waals surface area contributed by atoms with E-state index in [1.807, 2.05) is 10.9 Å². The van der Waals surface area contributed by atoms with Crippen molar-refractivity contribution in [2.24, 2.45) is 4.99 Å². The summed E-state index contributed by atoms with van der Waals surface area (Å²) in [4.78, 5) is 4.85. The number of nitrogens with one attached hydrogen (secondary N) is 2. The van der Waals surface area contributed by atoms with Crippen molar-refractivity contribution in [1.82, 2.24) is 20.4 Å². The highest BCUT2D eigenvalue weighted by Gasteiger charge is 2.45. The molecule has 2 N–H and O–H groups in total. The van der Waals surface area contributed by atoms with E-state index >= 15 is 0 Å². The minimum Gasteiger partial charge on any atom is -0.357 e. The highest BCUT2D eigenvalue weighted by molar-refractivity contribution is 14.0. The Morgan fingerprint density at radius 3 is 2.69 bits per heavy atom. The first-order valence-corrected chi connectivity index (χ1v) is 9.68. The van der Waals surface area contributed by atoms with Gasteiger partial charge in [-0.3, -0.25) is 9.67 Å². The second-order valence-corrected chi connectivity index (χ2v) is 7.52. The van der Waals surface area contributed by atoms with Gasteiger partial charge in [0.1, 0.15) is 0 Å². The zero-order chi connectivity index (χ0) is 17.7. The van der Waals surface area contributed by atoms with Gasteiger partial charge in [-0.05, 0) is 43.9 Å². The quantitative estimate of drug-likeness (QED) is 0.324. The number of aryl methyl sites for hydroxylation is 1. The lowest BCUT2D eigenvalue weighted by Crippen LogP contribution is -2.39. The highest BCUT2D eigenvalue weighted by Crippen LogP contribution is 2.50. The molecule has 0 amide bonds. The lowest BCUT2D eigenvalue weighted by Gasteiger charge is -2.17. The first kappa shape index (κ1) is 21.2. The second kappa shape index (κ2) is 9.73. The van der Waals surface area contributed by atoms with E-state index in [0.29, 0.717) is 0 Å². The molecule has 2 aromatic rings. The lowest BCUT2D eigenvalue weighted by molar-refractivity contribution is 0.595. The molecule has 0 saturated heterocycles. The molecule has 0 aliphatic heterocycles. The molecule has 1 aliphatic carbocycles. The smallest absolute Gasteiger partial charge is 0.191 e. The van der Waals surface area contributed by atoms with Crippen LogP contribution >= 0.6 is 39.9 Å². The van der Waals surface area contributed by atoms with Crippen LogP contribution in [0, 0.1) is 6.92 Å². The van der Waals surface area contributed by atoms with Crippen LogP contribution in [-0.2, 0) is 12.0 Å². The van der Waals surface area contributed by atoms with Crippen LogP contribution in [0.2, 0.25) is 0 Å². The summed E-state index contributed by atoms with van der Waals surface area (Å²) < 4.78 is 3.14. The molecule has 3 rings (SSSR count). The van der Waals surface area contributed by atoms with Crippen LogP contribution in [0.1, 0.15) is 30.9 Å². The third-order valence-corrected chi connectivity index (χ3v) is 5.27. The Morgan fingerprint density at radius 2 is 2.08 bits per heavy atom. The molecule has 5 nitrogen and oxygen atoms in total. The first-order chi connectivity index (χ1) is 12.1. The standard InChI is InChI=1S/C19H26BrN5.HI/c1-3-21-18(22-10-11-25-13-15(2)12-24-25)23-14-19(8-9-19)16-6-4-5-7-17(16)20;/h4-7,12-13H,3,8-11,14H2,1-2H3,(H2,21,22,23);1H. The molecule has 1 aromatic carbocycles. The minimum absolute atomic E-state index is 0. The Morgan fingerprint density at radius 1 is 1.31 bits per heavy atom. The van der Waals surface area contributed by atoms with Crippen molar-refractivity contribution in [1.29, 1.82) is 0 Å². The number of aliphatic imine (C=N–C) groups is 1. The van der Waals surface area contributed by atoms with Gasteiger partial charge in [0.2, 0.25) is 0 Å². The molecule has 0 radical (unpaired) electrons. The molecule has 142 valence electrons. The average molecular weight is 532 g/mol. The molecular formula is C19H27BrIN5. The van der Waals surface area contributed by atoms with Gasteiger partial charge in [0, 0.05) is 29.2 Å². The maximum atomic E-state index is 4.85. The molecule has 0 spiro atoms. The maximum Gasteiger partial charge on any atom is 0.191 e. The van der Waals surface area contributed by atoms with E-state index in [-0.39, 0.29) is 29.4 Å². The molecule has 0 atom stereocenters. The maximum absolute atomic E-state index is 4.85. The van der Waals surface area contributed by atoms with Crippen molar-refractivity contribution in [2.45, 2.75) is 38.6 Å². The van der Waals surface area contributed by atoms with Crippen molar-refractivity contribution in [2.75, 3.05) is 19.6 Å². The summed E-state index contributed by atoms with van der Waals surface area (Å²) in [5.74, 6) is 0.879. The number of hydrogen-bond acceptors (Lipinski definition) is 2. The van der Waals surface area contributed by atoms with Gasteiger partial charge in [0.25, 0.3) is 0 Å². The normalized spacial score (nSPS) is 15.3. The van der Waals surface area contributed by atoms with E-state index in [1.54, 1.807) is 0 Å². The monoisotopic (exact) mass is 531 g/mol. The minimum atomic E-state index is 0. The fourth-order valence-corrected chi connectivity index (χ4v) is 3.71. The lowest BCUT2D eigenvalue weighted by atomic mass is 9.96. The van der Waals surface area contributed by atoms with Gasteiger partial charge in [0.05, 0.1) is 19.3 Å². The molecule has 1 saturated carbocycles. The topological polar surface area (TPSA) is 54.2 Å². The molecule has 7 heteroatoms. The van der Waals surface area contributed by atoms with Crippen molar-refractivity contribution >= 4 is 45.9 Å². The fourth-order valence-electron chi connectivity index (χ4n) is 3.01. The molecule has 1 aromatic heterocycles. The number of hydrogen-bond donors (Lipinski definition) is 2. The van der Waals surface area contributed by atoms with E-state index in [2.05, 4.69) is 76.0 Å². The Balaban J connectivity index is 0.00000243. The van der Waals surface area contributed by atoms with Crippen LogP contribution < -0.4 is 10.6 Å².